The molecule has 0 fully saturated rings. The topological polar surface area (TPSA) is 103 Å². The summed E-state index contributed by atoms with van der Waals surface area (Å²) in [5.74, 6) is 0.141. The van der Waals surface area contributed by atoms with Crippen LogP contribution >= 0.6 is 0 Å². The van der Waals surface area contributed by atoms with E-state index in [1.807, 2.05) is 0 Å². The van der Waals surface area contributed by atoms with E-state index in [-0.39, 0.29) is 23.7 Å². The molecule has 1 aromatic rings. The zero-order valence-corrected chi connectivity index (χ0v) is 9.33. The second kappa shape index (κ2) is 5.77. The number of nitro groups is 1. The first-order chi connectivity index (χ1) is 8.11. The van der Waals surface area contributed by atoms with E-state index < -0.39 is 4.92 Å². The van der Waals surface area contributed by atoms with Gasteiger partial charge in [0.1, 0.15) is 11.6 Å². The van der Waals surface area contributed by atoms with Crippen LogP contribution in [0, 0.1) is 21.4 Å². The summed E-state index contributed by atoms with van der Waals surface area (Å²) < 4.78 is 0. The molecule has 1 aromatic heterocycles. The van der Waals surface area contributed by atoms with Gasteiger partial charge in [0.15, 0.2) is 0 Å². The van der Waals surface area contributed by atoms with E-state index in [9.17, 15) is 10.1 Å². The molecule has 0 atom stereocenters. The van der Waals surface area contributed by atoms with Crippen molar-refractivity contribution < 1.29 is 10.0 Å². The fourth-order valence-corrected chi connectivity index (χ4v) is 1.41. The average Bonchev–Trinajstić information content (AvgIpc) is 2.34. The molecule has 1 rings (SSSR count). The van der Waals surface area contributed by atoms with Crippen LogP contribution in [0.3, 0.4) is 0 Å². The number of nitrogens with zero attached hydrogens (tertiary/aromatic N) is 4. The van der Waals surface area contributed by atoms with Crippen molar-refractivity contribution in [3.8, 4) is 6.07 Å². The Morgan fingerprint density at radius 2 is 2.41 bits per heavy atom. The van der Waals surface area contributed by atoms with Gasteiger partial charge in [0, 0.05) is 26.4 Å². The molecule has 1 heterocycles. The summed E-state index contributed by atoms with van der Waals surface area (Å²) in [6, 6.07) is 3.08. The highest BCUT2D eigenvalue weighted by Gasteiger charge is 2.23. The monoisotopic (exact) mass is 236 g/mol. The molecule has 0 bridgehead atoms. The largest absolute Gasteiger partial charge is 0.396 e. The Kier molecular flexibility index (Phi) is 4.37. The highest BCUT2D eigenvalue weighted by Crippen LogP contribution is 2.28. The second-order valence-electron chi connectivity index (χ2n) is 3.40. The van der Waals surface area contributed by atoms with Gasteiger partial charge in [-0.25, -0.2) is 4.98 Å². The number of rotatable bonds is 5. The van der Waals surface area contributed by atoms with Gasteiger partial charge in [0.2, 0.25) is 5.82 Å². The quantitative estimate of drug-likeness (QED) is 0.595. The van der Waals surface area contributed by atoms with Crippen molar-refractivity contribution in [2.45, 2.75) is 6.42 Å². The maximum Gasteiger partial charge on any atom is 0.329 e. The Labute approximate surface area is 98.1 Å². The third-order valence-electron chi connectivity index (χ3n) is 2.22. The fraction of sp³-hybridized carbons (Fsp3) is 0.400. The van der Waals surface area contributed by atoms with Crippen LogP contribution in [0.25, 0.3) is 0 Å². The van der Waals surface area contributed by atoms with Crippen LogP contribution in [0.4, 0.5) is 11.5 Å². The minimum Gasteiger partial charge on any atom is -0.396 e. The van der Waals surface area contributed by atoms with Crippen LogP contribution in [-0.4, -0.2) is 35.2 Å². The Bertz CT molecular complexity index is 455. The van der Waals surface area contributed by atoms with E-state index in [0.29, 0.717) is 13.0 Å². The molecule has 0 aromatic carbocycles. The van der Waals surface area contributed by atoms with Gasteiger partial charge in [-0.3, -0.25) is 10.1 Å². The van der Waals surface area contributed by atoms with Gasteiger partial charge in [-0.1, -0.05) is 0 Å². The lowest BCUT2D eigenvalue weighted by atomic mass is 10.2. The number of nitriles is 1. The van der Waals surface area contributed by atoms with Gasteiger partial charge in [0.25, 0.3) is 0 Å². The van der Waals surface area contributed by atoms with Gasteiger partial charge in [0.05, 0.1) is 4.92 Å². The molecule has 0 aliphatic carbocycles. The molecular weight excluding hydrogens is 224 g/mol. The molecule has 0 amide bonds. The molecule has 7 nitrogen and oxygen atoms in total. The predicted octanol–water partition coefficient (Wildman–Crippen LogP) is 0.680. The van der Waals surface area contributed by atoms with Gasteiger partial charge >= 0.3 is 5.69 Å². The summed E-state index contributed by atoms with van der Waals surface area (Å²) in [7, 11) is 1.63. The van der Waals surface area contributed by atoms with Crippen LogP contribution in [-0.2, 0) is 0 Å². The van der Waals surface area contributed by atoms with Gasteiger partial charge in [-0.15, -0.1) is 0 Å². The maximum absolute atomic E-state index is 10.9. The highest BCUT2D eigenvalue weighted by atomic mass is 16.6. The lowest BCUT2D eigenvalue weighted by Gasteiger charge is -2.17. The minimum absolute atomic E-state index is 0.00389. The maximum atomic E-state index is 10.9. The normalized spacial score (nSPS) is 9.71. The first-order valence-electron chi connectivity index (χ1n) is 4.97. The van der Waals surface area contributed by atoms with Gasteiger partial charge in [-0.05, 0) is 12.5 Å². The summed E-state index contributed by atoms with van der Waals surface area (Å²) in [6.45, 7) is 0.426. The summed E-state index contributed by atoms with van der Waals surface area (Å²) in [4.78, 5) is 15.8. The summed E-state index contributed by atoms with van der Waals surface area (Å²) >= 11 is 0. The first kappa shape index (κ1) is 12.9. The predicted molar refractivity (Wildman–Crippen MR) is 60.6 cm³/mol. The first-order valence-corrected chi connectivity index (χ1v) is 4.97. The van der Waals surface area contributed by atoms with E-state index in [0.717, 1.165) is 0 Å². The molecular formula is C10H12N4O3. The van der Waals surface area contributed by atoms with Crippen molar-refractivity contribution in [2.24, 2.45) is 0 Å². The number of aliphatic hydroxyl groups is 1. The molecule has 0 saturated heterocycles. The molecule has 0 saturated carbocycles. The van der Waals surface area contributed by atoms with Crippen molar-refractivity contribution in [3.63, 3.8) is 0 Å². The molecule has 0 radical (unpaired) electrons. The van der Waals surface area contributed by atoms with Crippen LogP contribution in [0.2, 0.25) is 0 Å². The number of hydrogen-bond acceptors (Lipinski definition) is 6. The standard InChI is InChI=1S/C10H12N4O3/c1-13(5-2-6-15)10-9(14(16)17)8(7-11)3-4-12-10/h3-4,15H,2,5-6H2,1H3. The third kappa shape index (κ3) is 2.89. The van der Waals surface area contributed by atoms with Crippen molar-refractivity contribution in [3.05, 3.63) is 27.9 Å². The Morgan fingerprint density at radius 3 is 2.94 bits per heavy atom. The number of aliphatic hydroxyl groups excluding tert-OH is 1. The van der Waals surface area contributed by atoms with Crippen LogP contribution in [0.5, 0.6) is 0 Å². The highest BCUT2D eigenvalue weighted by molar-refractivity contribution is 5.65. The van der Waals surface area contributed by atoms with Crippen LogP contribution in [0.15, 0.2) is 12.3 Å². The van der Waals surface area contributed by atoms with Crippen LogP contribution < -0.4 is 4.90 Å². The molecule has 0 spiro atoms. The van der Waals surface area contributed by atoms with E-state index >= 15 is 0 Å². The second-order valence-corrected chi connectivity index (χ2v) is 3.40. The van der Waals surface area contributed by atoms with Crippen molar-refractivity contribution in [1.29, 1.82) is 5.26 Å². The smallest absolute Gasteiger partial charge is 0.329 e. The molecule has 0 unspecified atom stereocenters. The number of hydrogen-bond donors (Lipinski definition) is 1. The lowest BCUT2D eigenvalue weighted by molar-refractivity contribution is -0.384. The molecule has 1 N–H and O–H groups in total. The Hall–Kier alpha value is -2.20. The lowest BCUT2D eigenvalue weighted by Crippen LogP contribution is -2.22. The minimum atomic E-state index is -0.615. The summed E-state index contributed by atoms with van der Waals surface area (Å²) in [6.07, 6.45) is 1.84. The van der Waals surface area contributed by atoms with Gasteiger partial charge in [-0.2, -0.15) is 5.26 Å². The number of aromatic nitrogens is 1. The van der Waals surface area contributed by atoms with Crippen LogP contribution in [0.1, 0.15) is 12.0 Å². The van der Waals surface area contributed by atoms with E-state index in [4.69, 9.17) is 10.4 Å². The molecule has 7 heteroatoms. The zero-order chi connectivity index (χ0) is 12.8. The fourth-order valence-electron chi connectivity index (χ4n) is 1.41. The molecule has 0 aliphatic rings. The van der Waals surface area contributed by atoms with Gasteiger partial charge < -0.3 is 10.0 Å². The average molecular weight is 236 g/mol. The van der Waals surface area contributed by atoms with E-state index in [1.165, 1.54) is 12.3 Å². The Balaban J connectivity index is 3.15. The summed E-state index contributed by atoms with van der Waals surface area (Å²) in [5, 5.41) is 28.4. The van der Waals surface area contributed by atoms with Crippen molar-refractivity contribution in [1.82, 2.24) is 4.98 Å². The number of anilines is 1. The number of pyridine rings is 1. The molecule has 17 heavy (non-hydrogen) atoms. The van der Waals surface area contributed by atoms with E-state index in [1.54, 1.807) is 18.0 Å². The van der Waals surface area contributed by atoms with Crippen molar-refractivity contribution >= 4 is 11.5 Å². The SMILES string of the molecule is CN(CCCO)c1nccc(C#N)c1[N+](=O)[O-]. The Morgan fingerprint density at radius 1 is 1.71 bits per heavy atom. The third-order valence-corrected chi connectivity index (χ3v) is 2.22. The summed E-state index contributed by atoms with van der Waals surface area (Å²) in [5.41, 5.74) is -0.314. The molecule has 0 aliphatic heterocycles. The van der Waals surface area contributed by atoms with E-state index in [2.05, 4.69) is 4.98 Å². The van der Waals surface area contributed by atoms with Crippen molar-refractivity contribution in [2.75, 3.05) is 25.1 Å². The molecule has 90 valence electrons. The zero-order valence-electron chi connectivity index (χ0n) is 9.33.